The molecule has 0 aliphatic heterocycles. The molecule has 5 nitrogen and oxygen atoms in total. The van der Waals surface area contributed by atoms with Crippen LogP contribution >= 0.6 is 11.6 Å². The van der Waals surface area contributed by atoms with E-state index in [1.165, 1.54) is 6.07 Å². The van der Waals surface area contributed by atoms with Crippen LogP contribution < -0.4 is 10.1 Å². The molecule has 0 aromatic heterocycles. The zero-order chi connectivity index (χ0) is 15.2. The summed E-state index contributed by atoms with van der Waals surface area (Å²) >= 11 is 5.95. The van der Waals surface area contributed by atoms with Gasteiger partial charge in [0.05, 0.1) is 10.6 Å². The van der Waals surface area contributed by atoms with Gasteiger partial charge in [-0.25, -0.2) is 4.79 Å². The van der Waals surface area contributed by atoms with E-state index < -0.39 is 12.6 Å². The lowest BCUT2D eigenvalue weighted by Crippen LogP contribution is -2.13. The summed E-state index contributed by atoms with van der Waals surface area (Å²) < 4.78 is 5.04. The van der Waals surface area contributed by atoms with E-state index in [1.807, 2.05) is 0 Å². The van der Waals surface area contributed by atoms with E-state index in [2.05, 4.69) is 5.32 Å². The van der Waals surface area contributed by atoms with Gasteiger partial charge in [-0.05, 0) is 24.3 Å². The van der Waals surface area contributed by atoms with Crippen LogP contribution in [0.2, 0.25) is 5.02 Å². The molecule has 0 radical (unpaired) electrons. The van der Waals surface area contributed by atoms with Crippen molar-refractivity contribution < 1.29 is 19.4 Å². The second-order valence-electron chi connectivity index (χ2n) is 4.14. The fraction of sp³-hybridized carbons (Fsp3) is 0.0667. The van der Waals surface area contributed by atoms with E-state index in [1.54, 1.807) is 42.5 Å². The first-order valence-electron chi connectivity index (χ1n) is 6.07. The number of anilines is 1. The summed E-state index contributed by atoms with van der Waals surface area (Å²) in [7, 11) is 0. The van der Waals surface area contributed by atoms with Crippen molar-refractivity contribution in [2.24, 2.45) is 0 Å². The largest absolute Gasteiger partial charge is 0.482 e. The Morgan fingerprint density at radius 3 is 2.62 bits per heavy atom. The number of rotatable bonds is 5. The molecule has 2 aromatic rings. The number of benzene rings is 2. The van der Waals surface area contributed by atoms with Gasteiger partial charge in [0.1, 0.15) is 5.75 Å². The summed E-state index contributed by atoms with van der Waals surface area (Å²) in [4.78, 5) is 22.5. The van der Waals surface area contributed by atoms with Gasteiger partial charge in [-0.1, -0.05) is 29.8 Å². The molecule has 6 heteroatoms. The summed E-state index contributed by atoms with van der Waals surface area (Å²) in [5.41, 5.74) is 0.846. The first kappa shape index (κ1) is 14.9. The molecular formula is C15H12ClNO4. The lowest BCUT2D eigenvalue weighted by molar-refractivity contribution is -0.139. The summed E-state index contributed by atoms with van der Waals surface area (Å²) in [6.45, 7) is -0.443. The van der Waals surface area contributed by atoms with E-state index >= 15 is 0 Å². The van der Waals surface area contributed by atoms with Crippen molar-refractivity contribution in [2.45, 2.75) is 0 Å². The topological polar surface area (TPSA) is 75.6 Å². The fourth-order valence-corrected chi connectivity index (χ4v) is 1.87. The van der Waals surface area contributed by atoms with Crippen LogP contribution in [0.1, 0.15) is 10.4 Å². The molecule has 0 fully saturated rings. The minimum absolute atomic E-state index is 0.351. The second-order valence-corrected chi connectivity index (χ2v) is 4.55. The smallest absolute Gasteiger partial charge is 0.341 e. The molecule has 108 valence electrons. The highest BCUT2D eigenvalue weighted by atomic mass is 35.5. The lowest BCUT2D eigenvalue weighted by atomic mass is 10.2. The van der Waals surface area contributed by atoms with Gasteiger partial charge < -0.3 is 15.2 Å². The number of carbonyl (C=O) groups excluding carboxylic acids is 1. The highest BCUT2D eigenvalue weighted by molar-refractivity contribution is 6.34. The van der Waals surface area contributed by atoms with Crippen molar-refractivity contribution in [3.8, 4) is 5.75 Å². The van der Waals surface area contributed by atoms with Crippen molar-refractivity contribution in [1.29, 1.82) is 0 Å². The fourth-order valence-electron chi connectivity index (χ4n) is 1.65. The zero-order valence-corrected chi connectivity index (χ0v) is 11.6. The summed E-state index contributed by atoms with van der Waals surface area (Å²) in [5, 5.41) is 11.6. The minimum atomic E-state index is -1.07. The van der Waals surface area contributed by atoms with Crippen LogP contribution in [0.25, 0.3) is 0 Å². The number of hydrogen-bond acceptors (Lipinski definition) is 3. The van der Waals surface area contributed by atoms with Crippen molar-refractivity contribution in [2.75, 3.05) is 11.9 Å². The van der Waals surface area contributed by atoms with E-state index in [9.17, 15) is 9.59 Å². The molecule has 0 unspecified atom stereocenters. The normalized spacial score (nSPS) is 9.95. The Labute approximate surface area is 126 Å². The minimum Gasteiger partial charge on any atom is -0.482 e. The highest BCUT2D eigenvalue weighted by Gasteiger charge is 2.10. The average molecular weight is 306 g/mol. The van der Waals surface area contributed by atoms with Crippen LogP contribution in [0.3, 0.4) is 0 Å². The molecule has 2 rings (SSSR count). The number of carbonyl (C=O) groups is 2. The monoisotopic (exact) mass is 305 g/mol. The van der Waals surface area contributed by atoms with Gasteiger partial charge in [0.25, 0.3) is 5.91 Å². The number of amides is 1. The first-order chi connectivity index (χ1) is 10.1. The molecule has 0 aliphatic carbocycles. The Hall–Kier alpha value is -2.53. The summed E-state index contributed by atoms with van der Waals surface area (Å²) in [6.07, 6.45) is 0. The van der Waals surface area contributed by atoms with Gasteiger partial charge in [-0.15, -0.1) is 0 Å². The predicted molar refractivity (Wildman–Crippen MR) is 79.0 cm³/mol. The molecule has 0 atom stereocenters. The number of nitrogens with one attached hydrogen (secondary N) is 1. The lowest BCUT2D eigenvalue weighted by Gasteiger charge is -2.08. The van der Waals surface area contributed by atoms with Crippen molar-refractivity contribution in [1.82, 2.24) is 0 Å². The number of carboxylic acids is 1. The van der Waals surface area contributed by atoms with Crippen molar-refractivity contribution in [3.63, 3.8) is 0 Å². The quantitative estimate of drug-likeness (QED) is 0.890. The molecule has 1 amide bonds. The van der Waals surface area contributed by atoms with E-state index in [-0.39, 0.29) is 5.91 Å². The number of hydrogen-bond donors (Lipinski definition) is 2. The zero-order valence-electron chi connectivity index (χ0n) is 10.9. The van der Waals surface area contributed by atoms with Gasteiger partial charge in [-0.2, -0.15) is 0 Å². The van der Waals surface area contributed by atoms with Crippen LogP contribution in [0.5, 0.6) is 5.75 Å². The predicted octanol–water partition coefficient (Wildman–Crippen LogP) is 3.06. The Morgan fingerprint density at radius 2 is 1.90 bits per heavy atom. The van der Waals surface area contributed by atoms with E-state index in [0.29, 0.717) is 22.0 Å². The van der Waals surface area contributed by atoms with Crippen LogP contribution in [-0.4, -0.2) is 23.6 Å². The Balaban J connectivity index is 2.09. The molecule has 0 saturated carbocycles. The molecule has 0 aliphatic rings. The summed E-state index contributed by atoms with van der Waals surface area (Å²) in [6, 6.07) is 13.2. The highest BCUT2D eigenvalue weighted by Crippen LogP contribution is 2.20. The molecular weight excluding hydrogens is 294 g/mol. The Bertz CT molecular complexity index is 672. The molecule has 2 N–H and O–H groups in total. The van der Waals surface area contributed by atoms with Crippen LogP contribution in [0, 0.1) is 0 Å². The van der Waals surface area contributed by atoms with Crippen molar-refractivity contribution >= 4 is 29.2 Å². The molecule has 0 spiro atoms. The first-order valence-corrected chi connectivity index (χ1v) is 6.44. The Morgan fingerprint density at radius 1 is 1.14 bits per heavy atom. The van der Waals surface area contributed by atoms with Gasteiger partial charge in [-0.3, -0.25) is 4.79 Å². The number of halogens is 1. The standard InChI is InChI=1S/C15H12ClNO4/c16-13-7-2-1-6-12(13)15(20)17-10-4-3-5-11(8-10)21-9-14(18)19/h1-8H,9H2,(H,17,20)(H,18,19). The molecule has 0 saturated heterocycles. The van der Waals surface area contributed by atoms with Gasteiger partial charge >= 0.3 is 5.97 Å². The molecule has 0 bridgehead atoms. The van der Waals surface area contributed by atoms with Crippen LogP contribution in [-0.2, 0) is 4.79 Å². The van der Waals surface area contributed by atoms with Crippen LogP contribution in [0.15, 0.2) is 48.5 Å². The SMILES string of the molecule is O=C(O)COc1cccc(NC(=O)c2ccccc2Cl)c1. The average Bonchev–Trinajstić information content (AvgIpc) is 2.46. The third-order valence-electron chi connectivity index (χ3n) is 2.57. The molecule has 0 heterocycles. The number of aliphatic carboxylic acids is 1. The third-order valence-corrected chi connectivity index (χ3v) is 2.90. The second kappa shape index (κ2) is 6.76. The van der Waals surface area contributed by atoms with Gasteiger partial charge in [0.2, 0.25) is 0 Å². The summed E-state index contributed by atoms with van der Waals surface area (Å²) in [5.74, 6) is -1.06. The number of carboxylic acid groups (broad SMARTS) is 1. The van der Waals surface area contributed by atoms with Crippen LogP contribution in [0.4, 0.5) is 5.69 Å². The van der Waals surface area contributed by atoms with E-state index in [0.717, 1.165) is 0 Å². The maximum absolute atomic E-state index is 12.1. The van der Waals surface area contributed by atoms with E-state index in [4.69, 9.17) is 21.4 Å². The van der Waals surface area contributed by atoms with Gasteiger partial charge in [0.15, 0.2) is 6.61 Å². The molecule has 21 heavy (non-hydrogen) atoms. The maximum Gasteiger partial charge on any atom is 0.341 e. The van der Waals surface area contributed by atoms with Gasteiger partial charge in [0, 0.05) is 11.8 Å². The molecule has 2 aromatic carbocycles. The Kier molecular flexibility index (Phi) is 4.79. The number of ether oxygens (including phenoxy) is 1. The maximum atomic E-state index is 12.1. The third kappa shape index (κ3) is 4.22. The van der Waals surface area contributed by atoms with Crippen molar-refractivity contribution in [3.05, 3.63) is 59.1 Å².